The number of carboxylic acid groups (broad SMARTS) is 1. The van der Waals surface area contributed by atoms with Crippen molar-refractivity contribution in [3.8, 4) is 5.75 Å². The van der Waals surface area contributed by atoms with Crippen LogP contribution in [-0.2, 0) is 21.1 Å². The van der Waals surface area contributed by atoms with Gasteiger partial charge in [-0.15, -0.1) is 0 Å². The highest BCUT2D eigenvalue weighted by molar-refractivity contribution is 7.92. The van der Waals surface area contributed by atoms with Gasteiger partial charge in [0.1, 0.15) is 12.4 Å². The Morgan fingerprint density at radius 1 is 1.19 bits per heavy atom. The van der Waals surface area contributed by atoms with E-state index in [0.29, 0.717) is 12.4 Å². The maximum absolute atomic E-state index is 11.9. The lowest BCUT2D eigenvalue weighted by Crippen LogP contribution is -2.36. The first-order valence-electron chi connectivity index (χ1n) is 8.42. The number of ether oxygens (including phenoxy) is 1. The van der Waals surface area contributed by atoms with Crippen LogP contribution in [0.3, 0.4) is 0 Å². The predicted molar refractivity (Wildman–Crippen MR) is 98.6 cm³/mol. The van der Waals surface area contributed by atoms with Crippen LogP contribution in [0.2, 0.25) is 0 Å². The average molecular weight is 375 g/mol. The molecule has 1 heterocycles. The molecule has 0 spiro atoms. The highest BCUT2D eigenvalue weighted by atomic mass is 32.2. The largest absolute Gasteiger partial charge is 0.491 e. The quantitative estimate of drug-likeness (QED) is 0.800. The van der Waals surface area contributed by atoms with E-state index >= 15 is 0 Å². The lowest BCUT2D eigenvalue weighted by Gasteiger charge is -2.26. The minimum absolute atomic E-state index is 0.0179. The number of rotatable bonds is 7. The van der Waals surface area contributed by atoms with Gasteiger partial charge in [-0.2, -0.15) is 0 Å². The van der Waals surface area contributed by atoms with Crippen molar-refractivity contribution in [1.82, 2.24) is 0 Å². The number of anilines is 1. The molecular formula is C19H21NO5S. The van der Waals surface area contributed by atoms with Crippen molar-refractivity contribution in [3.05, 3.63) is 54.1 Å². The molecule has 3 rings (SSSR count). The average Bonchev–Trinajstić information content (AvgIpc) is 2.96. The van der Waals surface area contributed by atoms with Crippen molar-refractivity contribution in [2.45, 2.75) is 24.3 Å². The zero-order chi connectivity index (χ0) is 18.7. The van der Waals surface area contributed by atoms with Crippen molar-refractivity contribution in [1.29, 1.82) is 0 Å². The van der Waals surface area contributed by atoms with Crippen LogP contribution in [0.4, 0.5) is 5.69 Å². The van der Waals surface area contributed by atoms with Crippen LogP contribution in [0, 0.1) is 0 Å². The molecule has 6 nitrogen and oxygen atoms in total. The molecule has 2 aromatic carbocycles. The van der Waals surface area contributed by atoms with E-state index in [1.807, 2.05) is 12.1 Å². The molecule has 7 heteroatoms. The number of nitrogens with zero attached hydrogens (tertiary/aromatic N) is 1. The zero-order valence-electron chi connectivity index (χ0n) is 14.5. The van der Waals surface area contributed by atoms with E-state index in [1.54, 1.807) is 12.1 Å². The molecule has 0 amide bonds. The van der Waals surface area contributed by atoms with E-state index in [0.717, 1.165) is 13.0 Å². The Hall–Kier alpha value is -2.54. The minimum Gasteiger partial charge on any atom is -0.491 e. The third kappa shape index (κ3) is 3.83. The van der Waals surface area contributed by atoms with Gasteiger partial charge in [0.2, 0.25) is 0 Å². The summed E-state index contributed by atoms with van der Waals surface area (Å²) in [6, 6.07) is 14.4. The Morgan fingerprint density at radius 3 is 2.54 bits per heavy atom. The van der Waals surface area contributed by atoms with Crippen LogP contribution < -0.4 is 9.64 Å². The summed E-state index contributed by atoms with van der Waals surface area (Å²) in [5.41, 5.74) is 2.54. The summed E-state index contributed by atoms with van der Waals surface area (Å²) in [6.07, 6.45) is 0.912. The first kappa shape index (κ1) is 18.3. The predicted octanol–water partition coefficient (Wildman–Crippen LogP) is 2.37. The molecular weight excluding hydrogens is 354 g/mol. The number of carboxylic acids is 1. The van der Waals surface area contributed by atoms with Crippen LogP contribution >= 0.6 is 0 Å². The van der Waals surface area contributed by atoms with Gasteiger partial charge in [0.15, 0.2) is 15.6 Å². The lowest BCUT2D eigenvalue weighted by atomic mass is 10.1. The Labute approximate surface area is 152 Å². The molecule has 1 atom stereocenters. The molecule has 0 saturated carbocycles. The first-order chi connectivity index (χ1) is 12.4. The van der Waals surface area contributed by atoms with Crippen molar-refractivity contribution < 1.29 is 23.1 Å². The second-order valence-corrected chi connectivity index (χ2v) is 8.20. The highest BCUT2D eigenvalue weighted by Gasteiger charge is 2.28. The number of likely N-dealkylation sites (N-methyl/N-ethyl adjacent to an activating group) is 1. The Balaban J connectivity index is 1.65. The van der Waals surface area contributed by atoms with Gasteiger partial charge in [-0.25, -0.2) is 8.42 Å². The highest BCUT2D eigenvalue weighted by Crippen LogP contribution is 2.32. The number of hydrogen-bond donors (Lipinski definition) is 1. The van der Waals surface area contributed by atoms with Gasteiger partial charge >= 0.3 is 5.97 Å². The van der Waals surface area contributed by atoms with E-state index in [2.05, 4.69) is 24.0 Å². The third-order valence-corrected chi connectivity index (χ3v) is 6.09. The summed E-state index contributed by atoms with van der Waals surface area (Å²) in [6.45, 7) is 3.48. The van der Waals surface area contributed by atoms with Gasteiger partial charge in [-0.1, -0.05) is 18.2 Å². The number of benzene rings is 2. The standard InChI is InChI=1S/C19H21NO5S/c1-2-20-15(11-14-5-3-4-6-18(14)20)12-25-16-7-9-17(10-8-16)26(23,24)13-19(21)22/h3-10,15H,2,11-13H2,1H3,(H,21,22)/t15-/m1/s1. The number of aliphatic carboxylic acids is 1. The van der Waals surface area contributed by atoms with Crippen molar-refractivity contribution >= 4 is 21.5 Å². The third-order valence-electron chi connectivity index (χ3n) is 4.48. The number of para-hydroxylation sites is 1. The van der Waals surface area contributed by atoms with E-state index < -0.39 is 21.6 Å². The van der Waals surface area contributed by atoms with Crippen molar-refractivity contribution in [2.24, 2.45) is 0 Å². The molecule has 26 heavy (non-hydrogen) atoms. The van der Waals surface area contributed by atoms with Gasteiger partial charge < -0.3 is 14.7 Å². The summed E-state index contributed by atoms with van der Waals surface area (Å²) in [7, 11) is -3.82. The van der Waals surface area contributed by atoms with Gasteiger partial charge in [-0.3, -0.25) is 4.79 Å². The summed E-state index contributed by atoms with van der Waals surface area (Å²) in [5.74, 6) is -1.73. The van der Waals surface area contributed by atoms with Gasteiger partial charge in [0.25, 0.3) is 0 Å². The van der Waals surface area contributed by atoms with Crippen molar-refractivity contribution in [2.75, 3.05) is 23.8 Å². The van der Waals surface area contributed by atoms with Crippen LogP contribution in [0.15, 0.2) is 53.4 Å². The van der Waals surface area contributed by atoms with E-state index in [4.69, 9.17) is 9.84 Å². The molecule has 1 aliphatic rings. The summed E-state index contributed by atoms with van der Waals surface area (Å²) in [5, 5.41) is 8.68. The molecule has 138 valence electrons. The topological polar surface area (TPSA) is 83.9 Å². The maximum Gasteiger partial charge on any atom is 0.319 e. The smallest absolute Gasteiger partial charge is 0.319 e. The Bertz CT molecular complexity index is 892. The lowest BCUT2D eigenvalue weighted by molar-refractivity contribution is -0.134. The molecule has 0 radical (unpaired) electrons. The van der Waals surface area contributed by atoms with Crippen LogP contribution in [-0.4, -0.2) is 44.4 Å². The Kier molecular flexibility index (Phi) is 5.18. The van der Waals surface area contributed by atoms with E-state index in [1.165, 1.54) is 23.4 Å². The molecule has 0 aromatic heterocycles. The van der Waals surface area contributed by atoms with E-state index in [-0.39, 0.29) is 10.9 Å². The van der Waals surface area contributed by atoms with E-state index in [9.17, 15) is 13.2 Å². The molecule has 0 bridgehead atoms. The molecule has 0 fully saturated rings. The fourth-order valence-corrected chi connectivity index (χ4v) is 4.33. The monoisotopic (exact) mass is 375 g/mol. The second-order valence-electron chi connectivity index (χ2n) is 6.21. The number of fused-ring (bicyclic) bond motifs is 1. The zero-order valence-corrected chi connectivity index (χ0v) is 15.3. The second kappa shape index (κ2) is 7.37. The minimum atomic E-state index is -3.82. The fraction of sp³-hybridized carbons (Fsp3) is 0.316. The maximum atomic E-state index is 11.9. The Morgan fingerprint density at radius 2 is 1.88 bits per heavy atom. The van der Waals surface area contributed by atoms with Crippen LogP contribution in [0.1, 0.15) is 12.5 Å². The summed E-state index contributed by atoms with van der Waals surface area (Å²) < 4.78 is 29.6. The van der Waals surface area contributed by atoms with Gasteiger partial charge in [-0.05, 0) is 49.2 Å². The fourth-order valence-electron chi connectivity index (χ4n) is 3.28. The number of carbonyl (C=O) groups is 1. The molecule has 1 aliphatic heterocycles. The number of sulfone groups is 1. The van der Waals surface area contributed by atoms with Gasteiger partial charge in [0.05, 0.1) is 10.9 Å². The van der Waals surface area contributed by atoms with Crippen LogP contribution in [0.5, 0.6) is 5.75 Å². The summed E-state index contributed by atoms with van der Waals surface area (Å²) in [4.78, 5) is 12.9. The first-order valence-corrected chi connectivity index (χ1v) is 10.1. The van der Waals surface area contributed by atoms with Crippen LogP contribution in [0.25, 0.3) is 0 Å². The van der Waals surface area contributed by atoms with Crippen molar-refractivity contribution in [3.63, 3.8) is 0 Å². The normalized spacial score (nSPS) is 16.3. The molecule has 2 aromatic rings. The SMILES string of the molecule is CCN1c2ccccc2C[C@@H]1COc1ccc(S(=O)(=O)CC(=O)O)cc1. The molecule has 0 unspecified atom stereocenters. The molecule has 0 aliphatic carbocycles. The van der Waals surface area contributed by atoms with Gasteiger partial charge in [0, 0.05) is 12.2 Å². The summed E-state index contributed by atoms with van der Waals surface area (Å²) >= 11 is 0. The molecule has 0 saturated heterocycles. The number of hydrogen-bond acceptors (Lipinski definition) is 5. The molecule has 1 N–H and O–H groups in total.